The number of esters is 1. The van der Waals surface area contributed by atoms with Crippen LogP contribution in [-0.2, 0) is 14.3 Å². The van der Waals surface area contributed by atoms with Crippen LogP contribution in [0.4, 0.5) is 0 Å². The summed E-state index contributed by atoms with van der Waals surface area (Å²) in [5, 5.41) is 5.66. The van der Waals surface area contributed by atoms with Gasteiger partial charge in [0.15, 0.2) is 0 Å². The predicted octanol–water partition coefficient (Wildman–Crippen LogP) is -0.335. The molecule has 0 unspecified atom stereocenters. The van der Waals surface area contributed by atoms with E-state index >= 15 is 0 Å². The third-order valence-electron chi connectivity index (χ3n) is 1.64. The van der Waals surface area contributed by atoms with E-state index in [0.717, 1.165) is 0 Å². The first kappa shape index (κ1) is 12.9. The summed E-state index contributed by atoms with van der Waals surface area (Å²) in [5.74, 6) is -0.214. The van der Waals surface area contributed by atoms with Crippen LogP contribution in [0.1, 0.15) is 19.8 Å². The van der Waals surface area contributed by atoms with Gasteiger partial charge < -0.3 is 15.4 Å². The Hall–Kier alpha value is -1.10. The number of carbonyl (C=O) groups is 2. The minimum absolute atomic E-state index is 0.0260. The third kappa shape index (κ3) is 7.54. The molecule has 0 bridgehead atoms. The second kappa shape index (κ2) is 8.50. The van der Waals surface area contributed by atoms with Crippen LogP contribution in [0.2, 0.25) is 0 Å². The largest absolute Gasteiger partial charge is 0.469 e. The van der Waals surface area contributed by atoms with E-state index in [1.54, 1.807) is 0 Å². The molecular formula is C9H18N2O3. The summed E-state index contributed by atoms with van der Waals surface area (Å²) >= 11 is 0. The normalized spacial score (nSPS) is 9.57. The molecule has 0 saturated heterocycles. The lowest BCUT2D eigenvalue weighted by molar-refractivity contribution is -0.140. The van der Waals surface area contributed by atoms with Crippen LogP contribution in [0.3, 0.4) is 0 Å². The Bertz CT molecular complexity index is 183. The molecule has 5 heteroatoms. The molecule has 0 aromatic rings. The maximum atomic E-state index is 11.0. The van der Waals surface area contributed by atoms with Gasteiger partial charge in [-0.1, -0.05) is 0 Å². The van der Waals surface area contributed by atoms with Crippen molar-refractivity contribution in [3.8, 4) is 0 Å². The van der Waals surface area contributed by atoms with Gasteiger partial charge in [0.05, 0.1) is 13.5 Å². The van der Waals surface area contributed by atoms with Crippen LogP contribution in [0, 0.1) is 0 Å². The van der Waals surface area contributed by atoms with Crippen LogP contribution in [0.25, 0.3) is 0 Å². The maximum absolute atomic E-state index is 11.0. The zero-order valence-corrected chi connectivity index (χ0v) is 8.76. The van der Waals surface area contributed by atoms with E-state index in [9.17, 15) is 9.59 Å². The van der Waals surface area contributed by atoms with Gasteiger partial charge >= 0.3 is 5.97 Å². The van der Waals surface area contributed by atoms with Gasteiger partial charge in [0.2, 0.25) is 5.91 Å². The van der Waals surface area contributed by atoms with Gasteiger partial charge in [0.1, 0.15) is 0 Å². The van der Waals surface area contributed by atoms with Crippen molar-refractivity contribution >= 4 is 11.9 Å². The average Bonchev–Trinajstić information content (AvgIpc) is 2.17. The van der Waals surface area contributed by atoms with Crippen LogP contribution in [-0.4, -0.2) is 38.6 Å². The van der Waals surface area contributed by atoms with Crippen molar-refractivity contribution in [2.75, 3.05) is 26.7 Å². The van der Waals surface area contributed by atoms with Crippen LogP contribution in [0.5, 0.6) is 0 Å². The Balaban J connectivity index is 3.21. The van der Waals surface area contributed by atoms with Gasteiger partial charge in [-0.15, -0.1) is 0 Å². The van der Waals surface area contributed by atoms with Gasteiger partial charge in [-0.05, 0) is 6.92 Å². The zero-order chi connectivity index (χ0) is 10.8. The number of amides is 1. The van der Waals surface area contributed by atoms with E-state index in [1.165, 1.54) is 7.11 Å². The fraction of sp³-hybridized carbons (Fsp3) is 0.778. The Morgan fingerprint density at radius 2 is 1.86 bits per heavy atom. The standard InChI is InChI=1S/C9H18N2O3/c1-3-11-8(12)4-6-10-7-5-9(13)14-2/h10H,3-7H2,1-2H3,(H,11,12). The van der Waals surface area contributed by atoms with Gasteiger partial charge in [0.25, 0.3) is 0 Å². The highest BCUT2D eigenvalue weighted by Gasteiger charge is 2.00. The van der Waals surface area contributed by atoms with Crippen molar-refractivity contribution in [3.05, 3.63) is 0 Å². The molecule has 5 nitrogen and oxygen atoms in total. The second-order valence-corrected chi connectivity index (χ2v) is 2.78. The number of ether oxygens (including phenoxy) is 1. The molecule has 0 heterocycles. The first-order valence-electron chi connectivity index (χ1n) is 4.75. The molecule has 0 rings (SSSR count). The van der Waals surface area contributed by atoms with E-state index in [-0.39, 0.29) is 11.9 Å². The number of carbonyl (C=O) groups excluding carboxylic acids is 2. The number of methoxy groups -OCH3 is 1. The first-order valence-corrected chi connectivity index (χ1v) is 4.75. The maximum Gasteiger partial charge on any atom is 0.306 e. The molecule has 82 valence electrons. The van der Waals surface area contributed by atoms with E-state index in [1.807, 2.05) is 6.92 Å². The lowest BCUT2D eigenvalue weighted by Crippen LogP contribution is -2.28. The summed E-state index contributed by atoms with van der Waals surface area (Å²) in [5.41, 5.74) is 0. The second-order valence-electron chi connectivity index (χ2n) is 2.78. The van der Waals surface area contributed by atoms with Crippen molar-refractivity contribution in [2.45, 2.75) is 19.8 Å². The minimum atomic E-state index is -0.240. The molecule has 0 spiro atoms. The third-order valence-corrected chi connectivity index (χ3v) is 1.64. The van der Waals surface area contributed by atoms with Crippen LogP contribution >= 0.6 is 0 Å². The van der Waals surface area contributed by atoms with Crippen molar-refractivity contribution < 1.29 is 14.3 Å². The predicted molar refractivity (Wildman–Crippen MR) is 52.8 cm³/mol. The number of hydrogen-bond acceptors (Lipinski definition) is 4. The summed E-state index contributed by atoms with van der Waals surface area (Å²) in [7, 11) is 1.36. The minimum Gasteiger partial charge on any atom is -0.469 e. The van der Waals surface area contributed by atoms with Gasteiger partial charge in [0, 0.05) is 26.1 Å². The molecule has 0 atom stereocenters. The molecule has 0 aromatic carbocycles. The summed E-state index contributed by atoms with van der Waals surface area (Å²) in [6.45, 7) is 3.67. The lowest BCUT2D eigenvalue weighted by atomic mass is 10.3. The Labute approximate surface area is 84.2 Å². The molecule has 0 fully saturated rings. The summed E-state index contributed by atoms with van der Waals surface area (Å²) in [6.07, 6.45) is 0.779. The monoisotopic (exact) mass is 202 g/mol. The molecule has 2 N–H and O–H groups in total. The first-order chi connectivity index (χ1) is 6.70. The molecule has 0 saturated carbocycles. The molecule has 0 radical (unpaired) electrons. The molecule has 0 aliphatic rings. The molecule has 1 amide bonds. The van der Waals surface area contributed by atoms with Crippen molar-refractivity contribution in [2.24, 2.45) is 0 Å². The fourth-order valence-corrected chi connectivity index (χ4v) is 0.905. The smallest absolute Gasteiger partial charge is 0.306 e. The van der Waals surface area contributed by atoms with Crippen molar-refractivity contribution in [3.63, 3.8) is 0 Å². The van der Waals surface area contributed by atoms with Crippen molar-refractivity contribution in [1.29, 1.82) is 0 Å². The zero-order valence-electron chi connectivity index (χ0n) is 8.76. The number of rotatable bonds is 7. The van der Waals surface area contributed by atoms with Gasteiger partial charge in [-0.2, -0.15) is 0 Å². The van der Waals surface area contributed by atoms with Crippen molar-refractivity contribution in [1.82, 2.24) is 10.6 Å². The van der Waals surface area contributed by atoms with E-state index in [4.69, 9.17) is 0 Å². The SMILES string of the molecule is CCNC(=O)CCNCCC(=O)OC. The number of hydrogen-bond donors (Lipinski definition) is 2. The molecule has 14 heavy (non-hydrogen) atoms. The van der Waals surface area contributed by atoms with Gasteiger partial charge in [-0.25, -0.2) is 0 Å². The quantitative estimate of drug-likeness (QED) is 0.438. The molecule has 0 aliphatic heterocycles. The highest BCUT2D eigenvalue weighted by atomic mass is 16.5. The average molecular weight is 202 g/mol. The summed E-state index contributed by atoms with van der Waals surface area (Å²) in [4.78, 5) is 21.6. The highest BCUT2D eigenvalue weighted by molar-refractivity contribution is 5.75. The molecule has 0 aromatic heterocycles. The summed E-state index contributed by atoms with van der Waals surface area (Å²) < 4.78 is 4.46. The fourth-order valence-electron chi connectivity index (χ4n) is 0.905. The van der Waals surface area contributed by atoms with E-state index < -0.39 is 0 Å². The Morgan fingerprint density at radius 3 is 2.43 bits per heavy atom. The Morgan fingerprint density at radius 1 is 1.21 bits per heavy atom. The molecule has 0 aliphatic carbocycles. The van der Waals surface area contributed by atoms with E-state index in [2.05, 4.69) is 15.4 Å². The lowest BCUT2D eigenvalue weighted by Gasteiger charge is -2.03. The molecular weight excluding hydrogens is 184 g/mol. The Kier molecular flexibility index (Phi) is 7.83. The number of nitrogens with one attached hydrogen (secondary N) is 2. The topological polar surface area (TPSA) is 67.4 Å². The van der Waals surface area contributed by atoms with Crippen LogP contribution < -0.4 is 10.6 Å². The summed E-state index contributed by atoms with van der Waals surface area (Å²) in [6, 6.07) is 0. The van der Waals surface area contributed by atoms with E-state index in [0.29, 0.717) is 32.5 Å². The van der Waals surface area contributed by atoms with Gasteiger partial charge in [-0.3, -0.25) is 9.59 Å². The van der Waals surface area contributed by atoms with Crippen LogP contribution in [0.15, 0.2) is 0 Å². The highest BCUT2D eigenvalue weighted by Crippen LogP contribution is 1.82.